The van der Waals surface area contributed by atoms with Crippen LogP contribution in [0.1, 0.15) is 16.8 Å². The second-order valence-corrected chi connectivity index (χ2v) is 7.31. The van der Waals surface area contributed by atoms with Crippen LogP contribution in [0.15, 0.2) is 42.3 Å². The molecule has 140 valence electrons. The largest absolute Gasteiger partial charge is 0.394 e. The van der Waals surface area contributed by atoms with Crippen molar-refractivity contribution >= 4 is 32.8 Å². The molecule has 0 radical (unpaired) electrons. The molecule has 0 saturated carbocycles. The van der Waals surface area contributed by atoms with E-state index >= 15 is 0 Å². The third-order valence-electron chi connectivity index (χ3n) is 4.41. The third kappa shape index (κ3) is 3.23. The number of aliphatic hydroxyl groups is 1. The first-order chi connectivity index (χ1) is 13.8. The minimum atomic E-state index is 0.0606. The van der Waals surface area contributed by atoms with Crippen LogP contribution < -0.4 is 0 Å². The van der Waals surface area contributed by atoms with Gasteiger partial charge in [0, 0.05) is 12.6 Å². The minimum absolute atomic E-state index is 0.0606. The van der Waals surface area contributed by atoms with Crippen LogP contribution >= 0.6 is 11.3 Å². The molecule has 0 atom stereocenters. The fourth-order valence-electron chi connectivity index (χ4n) is 3.08. The third-order valence-corrected chi connectivity index (χ3v) is 5.20. The number of benzene rings is 1. The molecule has 0 unspecified atom stereocenters. The van der Waals surface area contributed by atoms with Crippen molar-refractivity contribution in [3.8, 4) is 0 Å². The molecule has 10 heteroatoms. The van der Waals surface area contributed by atoms with Gasteiger partial charge in [0.1, 0.15) is 0 Å². The van der Waals surface area contributed by atoms with Crippen molar-refractivity contribution in [2.75, 3.05) is 6.61 Å². The first-order valence-corrected chi connectivity index (χ1v) is 9.66. The standard InChI is InChI=1S/C18H16N8OS/c27-4-3-25-9-13(7-21-25)5-14-8-19-17-18(22-14)26(24-23-17)10-12-1-2-15-16(6-12)28-11-20-15/h1-2,6-9,11,27H,3-5,10H2. The van der Waals surface area contributed by atoms with Gasteiger partial charge >= 0.3 is 0 Å². The predicted octanol–water partition coefficient (Wildman–Crippen LogP) is 1.66. The molecular weight excluding hydrogens is 376 g/mol. The Hall–Kier alpha value is -3.24. The van der Waals surface area contributed by atoms with Crippen LogP contribution in [0.2, 0.25) is 0 Å². The quantitative estimate of drug-likeness (QED) is 0.468. The number of aliphatic hydroxyl groups excluding tert-OH is 1. The summed E-state index contributed by atoms with van der Waals surface area (Å²) in [7, 11) is 0. The number of aromatic nitrogens is 8. The Morgan fingerprint density at radius 2 is 2.07 bits per heavy atom. The summed E-state index contributed by atoms with van der Waals surface area (Å²) in [4.78, 5) is 13.4. The van der Waals surface area contributed by atoms with Gasteiger partial charge in [-0.15, -0.1) is 16.4 Å². The summed E-state index contributed by atoms with van der Waals surface area (Å²) in [5, 5.41) is 21.6. The van der Waals surface area contributed by atoms with E-state index in [0.717, 1.165) is 27.0 Å². The predicted molar refractivity (Wildman–Crippen MR) is 104 cm³/mol. The van der Waals surface area contributed by atoms with Gasteiger partial charge in [-0.3, -0.25) is 4.68 Å². The van der Waals surface area contributed by atoms with Crippen molar-refractivity contribution in [3.63, 3.8) is 0 Å². The molecule has 0 aliphatic heterocycles. The number of hydrogen-bond donors (Lipinski definition) is 1. The van der Waals surface area contributed by atoms with Crippen LogP contribution in [0.5, 0.6) is 0 Å². The second kappa shape index (κ2) is 7.06. The zero-order valence-electron chi connectivity index (χ0n) is 14.8. The number of nitrogens with zero attached hydrogens (tertiary/aromatic N) is 8. The Morgan fingerprint density at radius 1 is 1.11 bits per heavy atom. The summed E-state index contributed by atoms with van der Waals surface area (Å²) in [6, 6.07) is 6.18. The maximum Gasteiger partial charge on any atom is 0.221 e. The normalized spacial score (nSPS) is 11.6. The minimum Gasteiger partial charge on any atom is -0.394 e. The van der Waals surface area contributed by atoms with Crippen molar-refractivity contribution in [2.24, 2.45) is 0 Å². The summed E-state index contributed by atoms with van der Waals surface area (Å²) in [6.45, 7) is 1.10. The summed E-state index contributed by atoms with van der Waals surface area (Å²) in [5.41, 5.74) is 6.97. The SMILES string of the molecule is OCCn1cc(Cc2cnc3nnn(Cc4ccc5ncsc5c4)c3n2)cn1. The van der Waals surface area contributed by atoms with Gasteiger partial charge in [-0.25, -0.2) is 19.6 Å². The van der Waals surface area contributed by atoms with Gasteiger partial charge in [0.05, 0.1) is 53.5 Å². The lowest BCUT2D eigenvalue weighted by Crippen LogP contribution is -2.04. The maximum atomic E-state index is 9.01. The van der Waals surface area contributed by atoms with Gasteiger partial charge in [0.15, 0.2) is 5.65 Å². The van der Waals surface area contributed by atoms with Crippen molar-refractivity contribution < 1.29 is 5.11 Å². The van der Waals surface area contributed by atoms with Gasteiger partial charge in [0.25, 0.3) is 0 Å². The van der Waals surface area contributed by atoms with Crippen LogP contribution in [0.4, 0.5) is 0 Å². The fourth-order valence-corrected chi connectivity index (χ4v) is 3.83. The highest BCUT2D eigenvalue weighted by Crippen LogP contribution is 2.20. The van der Waals surface area contributed by atoms with Crippen molar-refractivity contribution in [3.05, 3.63) is 59.1 Å². The first kappa shape index (κ1) is 16.9. The van der Waals surface area contributed by atoms with Gasteiger partial charge in [-0.2, -0.15) is 5.10 Å². The van der Waals surface area contributed by atoms with Crippen LogP contribution in [-0.4, -0.2) is 51.4 Å². The van der Waals surface area contributed by atoms with E-state index in [4.69, 9.17) is 10.1 Å². The molecule has 4 aromatic heterocycles. The van der Waals surface area contributed by atoms with Gasteiger partial charge in [-0.1, -0.05) is 11.3 Å². The molecule has 4 heterocycles. The Morgan fingerprint density at radius 3 is 3.00 bits per heavy atom. The molecule has 0 amide bonds. The van der Waals surface area contributed by atoms with Crippen LogP contribution in [0, 0.1) is 0 Å². The topological polar surface area (TPSA) is 107 Å². The Bertz CT molecular complexity index is 1260. The Labute approximate surface area is 163 Å². The van der Waals surface area contributed by atoms with E-state index in [1.54, 1.807) is 33.1 Å². The summed E-state index contributed by atoms with van der Waals surface area (Å²) in [6.07, 6.45) is 6.00. The Balaban J connectivity index is 1.42. The fraction of sp³-hybridized carbons (Fsp3) is 0.222. The molecule has 9 nitrogen and oxygen atoms in total. The van der Waals surface area contributed by atoms with Crippen LogP contribution in [0.25, 0.3) is 21.5 Å². The molecular formula is C18H16N8OS. The van der Waals surface area contributed by atoms with E-state index in [0.29, 0.717) is 30.8 Å². The number of fused-ring (bicyclic) bond motifs is 2. The molecule has 5 rings (SSSR count). The van der Waals surface area contributed by atoms with E-state index in [9.17, 15) is 0 Å². The molecule has 1 aromatic carbocycles. The van der Waals surface area contributed by atoms with E-state index in [-0.39, 0.29) is 6.61 Å². The van der Waals surface area contributed by atoms with Gasteiger partial charge < -0.3 is 5.11 Å². The lowest BCUT2D eigenvalue weighted by molar-refractivity contribution is 0.269. The molecule has 0 saturated heterocycles. The van der Waals surface area contributed by atoms with Crippen LogP contribution in [0.3, 0.4) is 0 Å². The molecule has 0 aliphatic rings. The smallest absolute Gasteiger partial charge is 0.221 e. The first-order valence-electron chi connectivity index (χ1n) is 8.78. The molecule has 0 fully saturated rings. The number of thiazole rings is 1. The number of hydrogen-bond acceptors (Lipinski definition) is 8. The molecule has 0 aliphatic carbocycles. The summed E-state index contributed by atoms with van der Waals surface area (Å²) >= 11 is 1.62. The highest BCUT2D eigenvalue weighted by atomic mass is 32.1. The van der Waals surface area contributed by atoms with Gasteiger partial charge in [0.2, 0.25) is 5.65 Å². The lowest BCUT2D eigenvalue weighted by Gasteiger charge is -2.03. The Kier molecular flexibility index (Phi) is 4.26. The van der Waals surface area contributed by atoms with E-state index in [1.165, 1.54) is 0 Å². The highest BCUT2D eigenvalue weighted by Gasteiger charge is 2.11. The highest BCUT2D eigenvalue weighted by molar-refractivity contribution is 7.16. The van der Waals surface area contributed by atoms with Crippen molar-refractivity contribution in [1.29, 1.82) is 0 Å². The summed E-state index contributed by atoms with van der Waals surface area (Å²) in [5.74, 6) is 0. The molecule has 0 spiro atoms. The van der Waals surface area contributed by atoms with Crippen molar-refractivity contribution in [1.82, 2.24) is 39.7 Å². The summed E-state index contributed by atoms with van der Waals surface area (Å²) < 4.78 is 4.62. The molecule has 5 aromatic rings. The molecule has 28 heavy (non-hydrogen) atoms. The molecule has 0 bridgehead atoms. The second-order valence-electron chi connectivity index (χ2n) is 6.42. The lowest BCUT2D eigenvalue weighted by atomic mass is 10.2. The average Bonchev–Trinajstić information content (AvgIpc) is 3.43. The van der Waals surface area contributed by atoms with Crippen molar-refractivity contribution in [2.45, 2.75) is 19.5 Å². The number of rotatable bonds is 6. The van der Waals surface area contributed by atoms with E-state index in [2.05, 4.69) is 31.4 Å². The van der Waals surface area contributed by atoms with Gasteiger partial charge in [-0.05, 0) is 23.3 Å². The maximum absolute atomic E-state index is 9.01. The average molecular weight is 392 g/mol. The van der Waals surface area contributed by atoms with E-state index in [1.807, 2.05) is 23.8 Å². The van der Waals surface area contributed by atoms with Crippen LogP contribution in [-0.2, 0) is 19.5 Å². The monoisotopic (exact) mass is 392 g/mol. The zero-order valence-corrected chi connectivity index (χ0v) is 15.6. The van der Waals surface area contributed by atoms with E-state index < -0.39 is 0 Å². The zero-order chi connectivity index (χ0) is 18.9. The molecule has 1 N–H and O–H groups in total.